The van der Waals surface area contributed by atoms with E-state index in [1.54, 1.807) is 4.90 Å². The lowest BCUT2D eigenvalue weighted by Crippen LogP contribution is -2.44. The first-order valence-electron chi connectivity index (χ1n) is 9.69. The van der Waals surface area contributed by atoms with Gasteiger partial charge in [-0.05, 0) is 50.5 Å². The highest BCUT2D eigenvalue weighted by molar-refractivity contribution is 5.81. The fourth-order valence-corrected chi connectivity index (χ4v) is 4.44. The molecular weight excluding hydrogens is 316 g/mol. The van der Waals surface area contributed by atoms with Gasteiger partial charge in [0.1, 0.15) is 0 Å². The first-order chi connectivity index (χ1) is 12.1. The Labute approximate surface area is 151 Å². The molecule has 3 atom stereocenters. The van der Waals surface area contributed by atoms with Crippen molar-refractivity contribution >= 4 is 11.9 Å². The van der Waals surface area contributed by atoms with E-state index in [1.165, 1.54) is 0 Å². The van der Waals surface area contributed by atoms with Crippen molar-refractivity contribution in [3.8, 4) is 0 Å². The lowest BCUT2D eigenvalue weighted by Gasteiger charge is -2.26. The molecule has 0 aromatic heterocycles. The largest absolute Gasteiger partial charge is 0.347 e. The molecule has 0 aromatic rings. The fourth-order valence-electron chi connectivity index (χ4n) is 4.44. The Balaban J connectivity index is 1.36. The zero-order chi connectivity index (χ0) is 17.8. The Hall–Kier alpha value is -1.56. The van der Waals surface area contributed by atoms with Gasteiger partial charge in [0.15, 0.2) is 0 Å². The molecular formula is C19H32N4O2. The van der Waals surface area contributed by atoms with Crippen molar-refractivity contribution in [2.75, 3.05) is 46.8 Å². The second kappa shape index (κ2) is 8.21. The molecule has 2 aliphatic heterocycles. The molecule has 2 fully saturated rings. The second-order valence-corrected chi connectivity index (χ2v) is 7.88. The van der Waals surface area contributed by atoms with Crippen LogP contribution in [0, 0.1) is 11.8 Å². The molecule has 6 heteroatoms. The molecule has 6 nitrogen and oxygen atoms in total. The highest BCUT2D eigenvalue weighted by atomic mass is 16.2. The summed E-state index contributed by atoms with van der Waals surface area (Å²) in [6, 6.07) is 0.108. The van der Waals surface area contributed by atoms with Gasteiger partial charge in [0.25, 0.3) is 0 Å². The number of nitrogens with one attached hydrogen (secondary N) is 1. The van der Waals surface area contributed by atoms with Gasteiger partial charge in [-0.3, -0.25) is 9.69 Å². The molecule has 2 heterocycles. The minimum absolute atomic E-state index is 0.0277. The van der Waals surface area contributed by atoms with Crippen molar-refractivity contribution in [1.82, 2.24) is 20.0 Å². The summed E-state index contributed by atoms with van der Waals surface area (Å²) in [5.41, 5.74) is 0. The topological polar surface area (TPSA) is 55.9 Å². The summed E-state index contributed by atoms with van der Waals surface area (Å²) in [7, 11) is 3.64. The van der Waals surface area contributed by atoms with E-state index < -0.39 is 0 Å². The van der Waals surface area contributed by atoms with E-state index in [2.05, 4.69) is 22.4 Å². The third-order valence-corrected chi connectivity index (χ3v) is 5.90. The molecule has 2 saturated heterocycles. The zero-order valence-electron chi connectivity index (χ0n) is 15.6. The number of likely N-dealkylation sites (N-methyl/N-ethyl adjacent to an activating group) is 1. The number of urea groups is 1. The molecule has 3 aliphatic rings. The van der Waals surface area contributed by atoms with Crippen LogP contribution in [0.5, 0.6) is 0 Å². The van der Waals surface area contributed by atoms with E-state index in [4.69, 9.17) is 0 Å². The number of fused-ring (bicyclic) bond motifs is 1. The Bertz CT molecular complexity index is 504. The summed E-state index contributed by atoms with van der Waals surface area (Å²) >= 11 is 0. The van der Waals surface area contributed by atoms with Crippen molar-refractivity contribution < 1.29 is 9.59 Å². The van der Waals surface area contributed by atoms with Crippen LogP contribution in [0.2, 0.25) is 0 Å². The summed E-state index contributed by atoms with van der Waals surface area (Å²) in [5.74, 6) is 1.51. The van der Waals surface area contributed by atoms with Crippen molar-refractivity contribution in [2.24, 2.45) is 11.8 Å². The summed E-state index contributed by atoms with van der Waals surface area (Å²) in [6.45, 7) is 4.33. The summed E-state index contributed by atoms with van der Waals surface area (Å²) in [6.07, 6.45) is 9.67. The van der Waals surface area contributed by atoms with Crippen LogP contribution < -0.4 is 5.32 Å². The Morgan fingerprint density at radius 3 is 2.48 bits per heavy atom. The maximum atomic E-state index is 12.4. The van der Waals surface area contributed by atoms with E-state index in [9.17, 15) is 9.59 Å². The van der Waals surface area contributed by atoms with Gasteiger partial charge in [0.05, 0.1) is 6.04 Å². The normalized spacial score (nSPS) is 28.9. The quantitative estimate of drug-likeness (QED) is 0.606. The number of hydrogen-bond donors (Lipinski definition) is 1. The van der Waals surface area contributed by atoms with Crippen LogP contribution in [0.15, 0.2) is 12.2 Å². The van der Waals surface area contributed by atoms with Gasteiger partial charge in [-0.1, -0.05) is 12.2 Å². The van der Waals surface area contributed by atoms with E-state index >= 15 is 0 Å². The molecule has 0 bridgehead atoms. The van der Waals surface area contributed by atoms with Gasteiger partial charge in [0.2, 0.25) is 5.91 Å². The van der Waals surface area contributed by atoms with Gasteiger partial charge >= 0.3 is 6.03 Å². The first-order valence-corrected chi connectivity index (χ1v) is 9.69. The molecule has 3 amide bonds. The van der Waals surface area contributed by atoms with Gasteiger partial charge < -0.3 is 15.1 Å². The van der Waals surface area contributed by atoms with Crippen LogP contribution in [-0.4, -0.2) is 79.5 Å². The summed E-state index contributed by atoms with van der Waals surface area (Å²) in [5, 5.41) is 3.07. The maximum Gasteiger partial charge on any atom is 0.317 e. The third kappa shape index (κ3) is 4.35. The average Bonchev–Trinajstić information content (AvgIpc) is 3.24. The number of hydrogen-bond acceptors (Lipinski definition) is 3. The number of carbonyl (C=O) groups excluding carboxylic acids is 2. The highest BCUT2D eigenvalue weighted by Crippen LogP contribution is 2.32. The minimum Gasteiger partial charge on any atom is -0.347 e. The molecule has 0 saturated carbocycles. The predicted molar refractivity (Wildman–Crippen MR) is 98.2 cm³/mol. The van der Waals surface area contributed by atoms with Crippen LogP contribution >= 0.6 is 0 Å². The van der Waals surface area contributed by atoms with E-state index in [0.717, 1.165) is 58.3 Å². The van der Waals surface area contributed by atoms with Gasteiger partial charge in [-0.2, -0.15) is 0 Å². The van der Waals surface area contributed by atoms with Crippen LogP contribution in [0.3, 0.4) is 0 Å². The number of carbonyl (C=O) groups is 2. The van der Waals surface area contributed by atoms with Crippen LogP contribution in [-0.2, 0) is 4.79 Å². The van der Waals surface area contributed by atoms with Crippen molar-refractivity contribution in [1.29, 1.82) is 0 Å². The second-order valence-electron chi connectivity index (χ2n) is 7.88. The number of likely N-dealkylation sites (tertiary alicyclic amines) is 2. The zero-order valence-corrected chi connectivity index (χ0v) is 15.6. The lowest BCUT2D eigenvalue weighted by atomic mass is 9.86. The molecule has 0 radical (unpaired) electrons. The smallest absolute Gasteiger partial charge is 0.317 e. The summed E-state index contributed by atoms with van der Waals surface area (Å²) in [4.78, 5) is 30.5. The molecule has 0 spiro atoms. The number of rotatable bonds is 5. The van der Waals surface area contributed by atoms with Gasteiger partial charge in [0, 0.05) is 40.3 Å². The highest BCUT2D eigenvalue weighted by Gasteiger charge is 2.35. The molecule has 0 aromatic carbocycles. The van der Waals surface area contributed by atoms with E-state index in [1.807, 2.05) is 19.0 Å². The predicted octanol–water partition coefficient (Wildman–Crippen LogP) is 1.54. The number of allylic oxidation sites excluding steroid dienone is 2. The van der Waals surface area contributed by atoms with Crippen molar-refractivity contribution in [3.63, 3.8) is 0 Å². The van der Waals surface area contributed by atoms with E-state index in [-0.39, 0.29) is 18.0 Å². The van der Waals surface area contributed by atoms with Crippen molar-refractivity contribution in [2.45, 2.75) is 38.1 Å². The molecule has 0 unspecified atom stereocenters. The van der Waals surface area contributed by atoms with Crippen LogP contribution in [0.25, 0.3) is 0 Å². The minimum atomic E-state index is 0.0277. The first kappa shape index (κ1) is 18.2. The van der Waals surface area contributed by atoms with Crippen molar-refractivity contribution in [3.05, 3.63) is 12.2 Å². The van der Waals surface area contributed by atoms with Crippen LogP contribution in [0.4, 0.5) is 4.79 Å². The third-order valence-electron chi connectivity index (χ3n) is 5.90. The monoisotopic (exact) mass is 348 g/mol. The number of nitrogens with zero attached hydrogens (tertiary/aromatic N) is 3. The molecule has 1 N–H and O–H groups in total. The van der Waals surface area contributed by atoms with Crippen LogP contribution in [0.1, 0.15) is 32.1 Å². The number of amides is 3. The lowest BCUT2D eigenvalue weighted by molar-refractivity contribution is -0.133. The molecule has 3 rings (SSSR count). The van der Waals surface area contributed by atoms with Gasteiger partial charge in [-0.15, -0.1) is 0 Å². The fraction of sp³-hybridized carbons (Fsp3) is 0.789. The Kier molecular flexibility index (Phi) is 5.99. The Morgan fingerprint density at radius 2 is 1.84 bits per heavy atom. The SMILES string of the molecule is CN(C)C(=O)[C@@H]1CCCN1CCCNC(=O)N1C[C@H]2CC=CC[C@H]2C1. The molecule has 140 valence electrons. The Morgan fingerprint density at radius 1 is 1.16 bits per heavy atom. The van der Waals surface area contributed by atoms with Gasteiger partial charge in [-0.25, -0.2) is 4.79 Å². The maximum absolute atomic E-state index is 12.4. The van der Waals surface area contributed by atoms with E-state index in [0.29, 0.717) is 18.4 Å². The molecule has 1 aliphatic carbocycles. The summed E-state index contributed by atoms with van der Waals surface area (Å²) < 4.78 is 0. The standard InChI is InChI=1S/C19H32N4O2/c1-21(2)18(24)17-9-5-11-22(17)12-6-10-20-19(25)23-13-15-7-3-4-8-16(15)14-23/h3-4,15-17H,5-14H2,1-2H3,(H,20,25)/t15-,16+,17-/m0/s1. The molecule has 25 heavy (non-hydrogen) atoms. The average molecular weight is 348 g/mol.